The summed E-state index contributed by atoms with van der Waals surface area (Å²) < 4.78 is 39.0. The molecule has 2 aromatic carbocycles. The number of rotatable bonds is 6. The molecule has 0 saturated carbocycles. The van der Waals surface area contributed by atoms with Gasteiger partial charge in [-0.25, -0.2) is 13.6 Å². The van der Waals surface area contributed by atoms with Crippen molar-refractivity contribution in [3.05, 3.63) is 54.2 Å². The molecule has 8 heteroatoms. The molecule has 0 unspecified atom stereocenters. The quantitative estimate of drug-likeness (QED) is 0.712. The third-order valence-corrected chi connectivity index (χ3v) is 4.46. The van der Waals surface area contributed by atoms with Gasteiger partial charge in [-0.3, -0.25) is 4.98 Å². The van der Waals surface area contributed by atoms with Crippen molar-refractivity contribution in [2.24, 2.45) is 5.14 Å². The van der Waals surface area contributed by atoms with Gasteiger partial charge in [0.05, 0.1) is 25.5 Å². The first-order chi connectivity index (χ1) is 12.4. The number of benzene rings is 2. The molecule has 2 N–H and O–H groups in total. The molecule has 0 aliphatic heterocycles. The molecule has 0 atom stereocenters. The fourth-order valence-corrected chi connectivity index (χ4v) is 3.20. The number of hydrogen-bond donors (Lipinski definition) is 1. The molecular weight excluding hydrogens is 356 g/mol. The van der Waals surface area contributed by atoms with Crippen LogP contribution < -0.4 is 19.3 Å². The van der Waals surface area contributed by atoms with Crippen LogP contribution in [0.3, 0.4) is 0 Å². The van der Waals surface area contributed by atoms with Crippen LogP contribution in [-0.2, 0) is 15.8 Å². The maximum atomic E-state index is 11.3. The van der Waals surface area contributed by atoms with Gasteiger partial charge in [0.25, 0.3) is 0 Å². The van der Waals surface area contributed by atoms with Crippen LogP contribution in [-0.4, -0.2) is 27.6 Å². The first kappa shape index (κ1) is 18.0. The van der Waals surface area contributed by atoms with E-state index in [4.69, 9.17) is 19.3 Å². The lowest BCUT2D eigenvalue weighted by molar-refractivity contribution is 0.379. The van der Waals surface area contributed by atoms with Crippen LogP contribution in [0.5, 0.6) is 23.0 Å². The number of aromatic nitrogens is 1. The topological polar surface area (TPSA) is 101 Å². The highest BCUT2D eigenvalue weighted by molar-refractivity contribution is 7.88. The second-order valence-electron chi connectivity index (χ2n) is 5.59. The molecule has 1 aromatic heterocycles. The van der Waals surface area contributed by atoms with Crippen molar-refractivity contribution in [1.82, 2.24) is 4.98 Å². The zero-order chi connectivity index (χ0) is 18.7. The lowest BCUT2D eigenvalue weighted by atomic mass is 10.2. The minimum atomic E-state index is -3.63. The van der Waals surface area contributed by atoms with Crippen LogP contribution in [0.1, 0.15) is 5.56 Å². The molecule has 0 radical (unpaired) electrons. The van der Waals surface area contributed by atoms with E-state index >= 15 is 0 Å². The number of pyridine rings is 1. The second-order valence-corrected chi connectivity index (χ2v) is 7.20. The Kier molecular flexibility index (Phi) is 4.97. The van der Waals surface area contributed by atoms with Crippen molar-refractivity contribution in [3.8, 4) is 23.0 Å². The average Bonchev–Trinajstić information content (AvgIpc) is 2.61. The van der Waals surface area contributed by atoms with Crippen molar-refractivity contribution in [1.29, 1.82) is 0 Å². The van der Waals surface area contributed by atoms with E-state index in [1.165, 1.54) is 7.11 Å². The Hall–Kier alpha value is -2.84. The van der Waals surface area contributed by atoms with Gasteiger partial charge in [-0.15, -0.1) is 0 Å². The number of fused-ring (bicyclic) bond motifs is 1. The Labute approximate surface area is 151 Å². The number of sulfonamides is 1. The Morgan fingerprint density at radius 2 is 1.77 bits per heavy atom. The van der Waals surface area contributed by atoms with Crippen LogP contribution in [0.15, 0.2) is 48.7 Å². The standard InChI is InChI=1S/C18H18N2O5S/c1-23-13-4-5-14-15(10-13)20-8-7-16(14)25-17-6-3-12(9-18(17)24-2)11-26(19,21)22/h3-10H,11H2,1-2H3,(H2,19,21,22). The van der Waals surface area contributed by atoms with E-state index < -0.39 is 10.0 Å². The van der Waals surface area contributed by atoms with Gasteiger partial charge < -0.3 is 14.2 Å². The molecule has 0 amide bonds. The predicted molar refractivity (Wildman–Crippen MR) is 98.2 cm³/mol. The number of nitrogens with two attached hydrogens (primary N) is 1. The van der Waals surface area contributed by atoms with Crippen LogP contribution in [0.25, 0.3) is 10.9 Å². The molecule has 0 aliphatic carbocycles. The highest BCUT2D eigenvalue weighted by atomic mass is 32.2. The first-order valence-electron chi connectivity index (χ1n) is 7.67. The predicted octanol–water partition coefficient (Wildman–Crippen LogP) is 2.83. The SMILES string of the molecule is COc1ccc2c(Oc3ccc(CS(N)(=O)=O)cc3OC)ccnc2c1. The number of hydrogen-bond acceptors (Lipinski definition) is 6. The number of primary sulfonamides is 1. The van der Waals surface area contributed by atoms with E-state index in [1.807, 2.05) is 18.2 Å². The molecular formula is C18H18N2O5S. The maximum Gasteiger partial charge on any atom is 0.213 e. The largest absolute Gasteiger partial charge is 0.497 e. The lowest BCUT2D eigenvalue weighted by Crippen LogP contribution is -2.14. The van der Waals surface area contributed by atoms with Gasteiger partial charge >= 0.3 is 0 Å². The van der Waals surface area contributed by atoms with E-state index in [0.29, 0.717) is 28.6 Å². The molecule has 0 bridgehead atoms. The minimum Gasteiger partial charge on any atom is -0.497 e. The zero-order valence-corrected chi connectivity index (χ0v) is 15.1. The molecule has 26 heavy (non-hydrogen) atoms. The summed E-state index contributed by atoms with van der Waals surface area (Å²) in [5.41, 5.74) is 1.24. The van der Waals surface area contributed by atoms with Crippen molar-refractivity contribution in [3.63, 3.8) is 0 Å². The number of nitrogens with zero attached hydrogens (tertiary/aromatic N) is 1. The smallest absolute Gasteiger partial charge is 0.213 e. The monoisotopic (exact) mass is 374 g/mol. The molecule has 0 saturated heterocycles. The summed E-state index contributed by atoms with van der Waals surface area (Å²) in [6, 6.07) is 12.1. The maximum absolute atomic E-state index is 11.3. The van der Waals surface area contributed by atoms with Gasteiger partial charge in [0, 0.05) is 17.6 Å². The summed E-state index contributed by atoms with van der Waals surface area (Å²) >= 11 is 0. The van der Waals surface area contributed by atoms with E-state index in [2.05, 4.69) is 4.98 Å². The van der Waals surface area contributed by atoms with E-state index in [9.17, 15) is 8.42 Å². The third-order valence-electron chi connectivity index (χ3n) is 3.73. The van der Waals surface area contributed by atoms with Crippen LogP contribution in [0.2, 0.25) is 0 Å². The van der Waals surface area contributed by atoms with Crippen molar-refractivity contribution < 1.29 is 22.6 Å². The van der Waals surface area contributed by atoms with E-state index in [0.717, 1.165) is 10.9 Å². The summed E-state index contributed by atoms with van der Waals surface area (Å²) in [5.74, 6) is 1.88. The first-order valence-corrected chi connectivity index (χ1v) is 9.39. The normalized spacial score (nSPS) is 11.3. The lowest BCUT2D eigenvalue weighted by Gasteiger charge is -2.13. The fraction of sp³-hybridized carbons (Fsp3) is 0.167. The van der Waals surface area contributed by atoms with Gasteiger partial charge in [-0.1, -0.05) is 6.07 Å². The second kappa shape index (κ2) is 7.19. The highest BCUT2D eigenvalue weighted by Crippen LogP contribution is 2.36. The van der Waals surface area contributed by atoms with Gasteiger partial charge in [0.15, 0.2) is 11.5 Å². The van der Waals surface area contributed by atoms with Crippen molar-refractivity contribution in [2.45, 2.75) is 5.75 Å². The zero-order valence-electron chi connectivity index (χ0n) is 14.3. The summed E-state index contributed by atoms with van der Waals surface area (Å²) in [7, 11) is -0.549. The van der Waals surface area contributed by atoms with Crippen molar-refractivity contribution >= 4 is 20.9 Å². The molecule has 0 spiro atoms. The van der Waals surface area contributed by atoms with Gasteiger partial charge in [-0.05, 0) is 35.9 Å². The summed E-state index contributed by atoms with van der Waals surface area (Å²) in [6.45, 7) is 0. The van der Waals surface area contributed by atoms with Crippen LogP contribution in [0, 0.1) is 0 Å². The van der Waals surface area contributed by atoms with Crippen LogP contribution in [0.4, 0.5) is 0 Å². The van der Waals surface area contributed by atoms with E-state index in [-0.39, 0.29) is 5.75 Å². The number of ether oxygens (including phenoxy) is 3. The molecule has 3 rings (SSSR count). The third kappa shape index (κ3) is 4.04. The van der Waals surface area contributed by atoms with Crippen molar-refractivity contribution in [2.75, 3.05) is 14.2 Å². The van der Waals surface area contributed by atoms with Gasteiger partial charge in [0.1, 0.15) is 11.5 Å². The average molecular weight is 374 g/mol. The fourth-order valence-electron chi connectivity index (χ4n) is 2.55. The molecule has 0 fully saturated rings. The minimum absolute atomic E-state index is 0.276. The Morgan fingerprint density at radius 3 is 2.46 bits per heavy atom. The highest BCUT2D eigenvalue weighted by Gasteiger charge is 2.12. The molecule has 3 aromatic rings. The Balaban J connectivity index is 1.97. The summed E-state index contributed by atoms with van der Waals surface area (Å²) in [5, 5.41) is 5.90. The Bertz CT molecular complexity index is 1050. The van der Waals surface area contributed by atoms with Crippen LogP contribution >= 0.6 is 0 Å². The van der Waals surface area contributed by atoms with Gasteiger partial charge in [0.2, 0.25) is 10.0 Å². The molecule has 7 nitrogen and oxygen atoms in total. The molecule has 0 aliphatic rings. The van der Waals surface area contributed by atoms with E-state index in [1.54, 1.807) is 37.6 Å². The number of methoxy groups -OCH3 is 2. The molecule has 136 valence electrons. The summed E-state index contributed by atoms with van der Waals surface area (Å²) in [6.07, 6.45) is 1.64. The Morgan fingerprint density at radius 1 is 0.962 bits per heavy atom. The molecule has 1 heterocycles. The van der Waals surface area contributed by atoms with Gasteiger partial charge in [-0.2, -0.15) is 0 Å². The summed E-state index contributed by atoms with van der Waals surface area (Å²) in [4.78, 5) is 4.32.